The number of hydrogen-bond donors (Lipinski definition) is 0. The third-order valence-corrected chi connectivity index (χ3v) is 4.59. The molecule has 0 radical (unpaired) electrons. The summed E-state index contributed by atoms with van der Waals surface area (Å²) in [5.74, 6) is 0.579. The fraction of sp³-hybridized carbons (Fsp3) is 0.188. The molecule has 0 fully saturated rings. The molecule has 0 N–H and O–H groups in total. The topological polar surface area (TPSA) is 43.6 Å². The molecular formula is C16H15FN4S. The minimum absolute atomic E-state index is 0.161. The lowest BCUT2D eigenvalue weighted by atomic mass is 10.2. The van der Waals surface area contributed by atoms with Gasteiger partial charge >= 0.3 is 0 Å². The van der Waals surface area contributed by atoms with Gasteiger partial charge in [-0.3, -0.25) is 4.98 Å². The molecule has 0 unspecified atom stereocenters. The van der Waals surface area contributed by atoms with Crippen LogP contribution >= 0.6 is 11.8 Å². The van der Waals surface area contributed by atoms with Crippen LogP contribution in [0.15, 0.2) is 53.9 Å². The van der Waals surface area contributed by atoms with Crippen molar-refractivity contribution < 1.29 is 4.39 Å². The minimum atomic E-state index is -0.223. The fourth-order valence-corrected chi connectivity index (χ4v) is 3.07. The van der Waals surface area contributed by atoms with E-state index >= 15 is 0 Å². The second-order valence-electron chi connectivity index (χ2n) is 4.91. The summed E-state index contributed by atoms with van der Waals surface area (Å²) in [6, 6.07) is 10.4. The molecule has 0 aliphatic rings. The van der Waals surface area contributed by atoms with E-state index in [1.54, 1.807) is 36.3 Å². The lowest BCUT2D eigenvalue weighted by Gasteiger charge is -2.11. The van der Waals surface area contributed by atoms with E-state index in [0.717, 1.165) is 22.1 Å². The fourth-order valence-electron chi connectivity index (χ4n) is 2.13. The molecule has 2 heterocycles. The van der Waals surface area contributed by atoms with Gasteiger partial charge in [0.15, 0.2) is 11.0 Å². The molecular weight excluding hydrogens is 299 g/mol. The highest BCUT2D eigenvalue weighted by Gasteiger charge is 2.15. The molecule has 4 nitrogen and oxygen atoms in total. The average molecular weight is 314 g/mol. The second kappa shape index (κ2) is 6.27. The number of benzene rings is 1. The zero-order chi connectivity index (χ0) is 15.5. The van der Waals surface area contributed by atoms with Gasteiger partial charge in [-0.1, -0.05) is 23.9 Å². The van der Waals surface area contributed by atoms with Crippen LogP contribution in [0, 0.1) is 5.82 Å². The molecule has 1 aromatic carbocycles. The summed E-state index contributed by atoms with van der Waals surface area (Å²) in [7, 11) is 1.94. The van der Waals surface area contributed by atoms with Gasteiger partial charge in [0, 0.05) is 30.3 Å². The predicted octanol–water partition coefficient (Wildman–Crippen LogP) is 3.87. The highest BCUT2D eigenvalue weighted by atomic mass is 32.2. The van der Waals surface area contributed by atoms with Crippen molar-refractivity contribution in [3.05, 3.63) is 60.2 Å². The van der Waals surface area contributed by atoms with E-state index < -0.39 is 0 Å². The van der Waals surface area contributed by atoms with E-state index in [1.807, 2.05) is 23.7 Å². The Morgan fingerprint density at radius 3 is 2.41 bits per heavy atom. The van der Waals surface area contributed by atoms with Crippen LogP contribution in [0.3, 0.4) is 0 Å². The summed E-state index contributed by atoms with van der Waals surface area (Å²) >= 11 is 1.60. The first-order valence-electron chi connectivity index (χ1n) is 6.87. The van der Waals surface area contributed by atoms with Crippen molar-refractivity contribution in [1.82, 2.24) is 19.7 Å². The number of halogens is 1. The smallest absolute Gasteiger partial charge is 0.191 e. The normalized spacial score (nSPS) is 12.3. The second-order valence-corrected chi connectivity index (χ2v) is 6.22. The maximum atomic E-state index is 13.0. The quantitative estimate of drug-likeness (QED) is 0.686. The van der Waals surface area contributed by atoms with Crippen molar-refractivity contribution in [2.45, 2.75) is 17.3 Å². The van der Waals surface area contributed by atoms with Crippen LogP contribution in [-0.4, -0.2) is 19.7 Å². The van der Waals surface area contributed by atoms with Crippen LogP contribution < -0.4 is 0 Å². The molecule has 0 spiro atoms. The number of aromatic nitrogens is 4. The van der Waals surface area contributed by atoms with Crippen molar-refractivity contribution in [1.29, 1.82) is 0 Å². The van der Waals surface area contributed by atoms with Gasteiger partial charge in [-0.05, 0) is 36.8 Å². The Morgan fingerprint density at radius 1 is 1.05 bits per heavy atom. The van der Waals surface area contributed by atoms with E-state index in [1.165, 1.54) is 12.1 Å². The Morgan fingerprint density at radius 2 is 1.73 bits per heavy atom. The Balaban J connectivity index is 1.82. The van der Waals surface area contributed by atoms with Gasteiger partial charge in [0.2, 0.25) is 0 Å². The number of hydrogen-bond acceptors (Lipinski definition) is 4. The maximum Gasteiger partial charge on any atom is 0.191 e. The van der Waals surface area contributed by atoms with Crippen molar-refractivity contribution in [3.63, 3.8) is 0 Å². The zero-order valence-electron chi connectivity index (χ0n) is 12.3. The predicted molar refractivity (Wildman–Crippen MR) is 84.9 cm³/mol. The van der Waals surface area contributed by atoms with Gasteiger partial charge in [-0.2, -0.15) is 0 Å². The van der Waals surface area contributed by atoms with Crippen LogP contribution in [0.1, 0.15) is 17.7 Å². The van der Waals surface area contributed by atoms with Crippen LogP contribution in [0.25, 0.3) is 11.4 Å². The Hall–Kier alpha value is -2.21. The summed E-state index contributed by atoms with van der Waals surface area (Å²) in [6.45, 7) is 2.07. The summed E-state index contributed by atoms with van der Waals surface area (Å²) in [5, 5.41) is 9.49. The average Bonchev–Trinajstić information content (AvgIpc) is 2.90. The molecule has 0 saturated heterocycles. The van der Waals surface area contributed by atoms with E-state index in [0.29, 0.717) is 0 Å². The molecule has 112 valence electrons. The summed E-state index contributed by atoms with van der Waals surface area (Å²) in [4.78, 5) is 4.01. The van der Waals surface area contributed by atoms with E-state index in [9.17, 15) is 4.39 Å². The first-order valence-corrected chi connectivity index (χ1v) is 7.75. The largest absolute Gasteiger partial charge is 0.305 e. The minimum Gasteiger partial charge on any atom is -0.305 e. The van der Waals surface area contributed by atoms with Crippen molar-refractivity contribution in [2.75, 3.05) is 0 Å². The molecule has 3 aromatic rings. The first-order chi connectivity index (χ1) is 10.6. The van der Waals surface area contributed by atoms with E-state index in [-0.39, 0.29) is 11.1 Å². The van der Waals surface area contributed by atoms with Crippen molar-refractivity contribution >= 4 is 11.8 Å². The molecule has 22 heavy (non-hydrogen) atoms. The molecule has 0 bridgehead atoms. The highest BCUT2D eigenvalue weighted by molar-refractivity contribution is 7.99. The zero-order valence-corrected chi connectivity index (χ0v) is 13.1. The Bertz CT molecular complexity index is 756. The lowest BCUT2D eigenvalue weighted by Crippen LogP contribution is -1.97. The van der Waals surface area contributed by atoms with Crippen LogP contribution in [0.2, 0.25) is 0 Å². The van der Waals surface area contributed by atoms with Gasteiger partial charge in [-0.25, -0.2) is 4.39 Å². The van der Waals surface area contributed by atoms with E-state index in [4.69, 9.17) is 0 Å². The van der Waals surface area contributed by atoms with Crippen LogP contribution in [0.4, 0.5) is 4.39 Å². The molecule has 3 rings (SSSR count). The molecule has 1 atom stereocenters. The van der Waals surface area contributed by atoms with Crippen LogP contribution in [0.5, 0.6) is 0 Å². The summed E-state index contributed by atoms with van der Waals surface area (Å²) in [6.07, 6.45) is 3.47. The molecule has 2 aromatic heterocycles. The summed E-state index contributed by atoms with van der Waals surface area (Å²) < 4.78 is 15.0. The van der Waals surface area contributed by atoms with Crippen LogP contribution in [-0.2, 0) is 7.05 Å². The standard InChI is InChI=1S/C16H15FN4S/c1-11(12-3-5-14(17)6-4-12)22-16-20-19-15(21(16)2)13-7-9-18-10-8-13/h3-11H,1-2H3/t11-/m0/s1. The Labute approximate surface area is 132 Å². The highest BCUT2D eigenvalue weighted by Crippen LogP contribution is 2.34. The Kier molecular flexibility index (Phi) is 4.20. The van der Waals surface area contributed by atoms with E-state index in [2.05, 4.69) is 22.1 Å². The third kappa shape index (κ3) is 3.01. The molecule has 6 heteroatoms. The van der Waals surface area contributed by atoms with Gasteiger partial charge in [0.05, 0.1) is 0 Å². The monoisotopic (exact) mass is 314 g/mol. The summed E-state index contributed by atoms with van der Waals surface area (Å²) in [5.41, 5.74) is 2.03. The third-order valence-electron chi connectivity index (χ3n) is 3.40. The SMILES string of the molecule is C[C@H](Sc1nnc(-c2ccncc2)n1C)c1ccc(F)cc1. The van der Waals surface area contributed by atoms with Crippen molar-refractivity contribution in [2.24, 2.45) is 7.05 Å². The molecule has 0 aliphatic heterocycles. The van der Waals surface area contributed by atoms with Gasteiger partial charge < -0.3 is 4.57 Å². The van der Waals surface area contributed by atoms with Crippen molar-refractivity contribution in [3.8, 4) is 11.4 Å². The number of rotatable bonds is 4. The van der Waals surface area contributed by atoms with Gasteiger partial charge in [0.25, 0.3) is 0 Å². The maximum absolute atomic E-state index is 13.0. The van der Waals surface area contributed by atoms with Gasteiger partial charge in [-0.15, -0.1) is 10.2 Å². The number of nitrogens with zero attached hydrogens (tertiary/aromatic N) is 4. The first kappa shape index (κ1) is 14.7. The lowest BCUT2D eigenvalue weighted by molar-refractivity contribution is 0.627. The molecule has 0 amide bonds. The molecule has 0 saturated carbocycles. The molecule has 0 aliphatic carbocycles. The number of thioether (sulfide) groups is 1. The number of pyridine rings is 1. The van der Waals surface area contributed by atoms with Gasteiger partial charge in [0.1, 0.15) is 5.82 Å².